The summed E-state index contributed by atoms with van der Waals surface area (Å²) in [6, 6.07) is 0. The molecule has 1 heterocycles. The van der Waals surface area contributed by atoms with E-state index < -0.39 is 16.8 Å². The second kappa shape index (κ2) is 9.02. The van der Waals surface area contributed by atoms with Gasteiger partial charge in [-0.2, -0.15) is 0 Å². The summed E-state index contributed by atoms with van der Waals surface area (Å²) in [4.78, 5) is 36.3. The van der Waals surface area contributed by atoms with Crippen LogP contribution in [-0.2, 0) is 31.2 Å². The average molecular weight is 342 g/mol. The SMILES string of the molecule is C[C](=O)[Ti]([C](C)=O)([C](C)=O)[N]1CCNCCNCC1.Cl. The van der Waals surface area contributed by atoms with Crippen LogP contribution < -0.4 is 10.6 Å². The Labute approximate surface area is 130 Å². The summed E-state index contributed by atoms with van der Waals surface area (Å²) in [5, 5.41) is 6.48. The molecule has 1 aliphatic rings. The average Bonchev–Trinajstić information content (AvgIpc) is 2.42. The second-order valence-electron chi connectivity index (χ2n) is 4.87. The van der Waals surface area contributed by atoms with Gasteiger partial charge in [-0.15, -0.1) is 12.4 Å². The van der Waals surface area contributed by atoms with Gasteiger partial charge in [-0.05, 0) is 0 Å². The van der Waals surface area contributed by atoms with Gasteiger partial charge in [-0.1, -0.05) is 0 Å². The van der Waals surface area contributed by atoms with E-state index in [2.05, 4.69) is 10.6 Å². The summed E-state index contributed by atoms with van der Waals surface area (Å²) in [6.07, 6.45) is 0. The Hall–Kier alpha value is -0.106. The summed E-state index contributed by atoms with van der Waals surface area (Å²) >= 11 is -3.98. The molecule has 20 heavy (non-hydrogen) atoms. The molecule has 1 saturated heterocycles. The van der Waals surface area contributed by atoms with Crippen LogP contribution in [0.1, 0.15) is 20.8 Å². The van der Waals surface area contributed by atoms with Gasteiger partial charge in [0.1, 0.15) is 0 Å². The Morgan fingerprint density at radius 3 is 1.45 bits per heavy atom. The first-order valence-corrected chi connectivity index (χ1v) is 9.67. The van der Waals surface area contributed by atoms with E-state index in [0.29, 0.717) is 26.2 Å². The van der Waals surface area contributed by atoms with Gasteiger partial charge in [0.2, 0.25) is 0 Å². The van der Waals surface area contributed by atoms with Crippen LogP contribution in [0.2, 0.25) is 0 Å². The monoisotopic (exact) mass is 341 g/mol. The fourth-order valence-corrected chi connectivity index (χ4v) is 8.52. The summed E-state index contributed by atoms with van der Waals surface area (Å²) in [7, 11) is 0. The first-order valence-electron chi connectivity index (χ1n) is 6.63. The van der Waals surface area contributed by atoms with E-state index in [1.807, 2.05) is 3.38 Å². The zero-order valence-corrected chi connectivity index (χ0v) is 14.7. The Bertz CT molecular complexity index is 333. The van der Waals surface area contributed by atoms with Crippen LogP contribution >= 0.6 is 12.4 Å². The zero-order valence-electron chi connectivity index (χ0n) is 12.3. The van der Waals surface area contributed by atoms with Crippen molar-refractivity contribution in [1.29, 1.82) is 0 Å². The maximum Gasteiger partial charge on any atom is -0.147 e. The molecule has 0 aromatic carbocycles. The normalized spacial score (nSPS) is 18.1. The minimum Gasteiger partial charge on any atom is -0.147 e. The van der Waals surface area contributed by atoms with Gasteiger partial charge in [-0.3, -0.25) is 0 Å². The number of hydrogen-bond acceptors (Lipinski definition) is 6. The van der Waals surface area contributed by atoms with E-state index in [-0.39, 0.29) is 24.7 Å². The molecule has 0 atom stereocenters. The number of nitrogens with zero attached hydrogens (tertiary/aromatic N) is 1. The summed E-state index contributed by atoms with van der Waals surface area (Å²) in [5.74, 6) is 0. The van der Waals surface area contributed by atoms with Gasteiger partial charge < -0.3 is 0 Å². The summed E-state index contributed by atoms with van der Waals surface area (Å²) in [5.41, 5.74) is 0. The van der Waals surface area contributed by atoms with E-state index in [1.54, 1.807) is 0 Å². The second-order valence-corrected chi connectivity index (χ2v) is 11.4. The third kappa shape index (κ3) is 4.19. The molecule has 1 aliphatic heterocycles. The molecule has 0 bridgehead atoms. The molecule has 8 heteroatoms. The van der Waals surface area contributed by atoms with Crippen molar-refractivity contribution in [2.45, 2.75) is 20.8 Å². The van der Waals surface area contributed by atoms with Crippen LogP contribution in [0.25, 0.3) is 0 Å². The molecule has 116 valence electrons. The number of hydrogen-bond donors (Lipinski definition) is 2. The van der Waals surface area contributed by atoms with E-state index in [9.17, 15) is 14.4 Å². The Balaban J connectivity index is 0.00000361. The third-order valence-electron chi connectivity index (χ3n) is 3.60. The molecule has 0 aromatic rings. The molecule has 0 unspecified atom stereocenters. The Morgan fingerprint density at radius 1 is 0.800 bits per heavy atom. The van der Waals surface area contributed by atoms with Crippen molar-refractivity contribution in [2.75, 3.05) is 39.3 Å². The smallest absolute Gasteiger partial charge is 0.147 e. The van der Waals surface area contributed by atoms with Crippen molar-refractivity contribution in [1.82, 2.24) is 14.0 Å². The number of nitrogens with one attached hydrogen (secondary N) is 2. The summed E-state index contributed by atoms with van der Waals surface area (Å²) in [6.45, 7) is 8.47. The van der Waals surface area contributed by atoms with Crippen molar-refractivity contribution >= 4 is 24.7 Å². The van der Waals surface area contributed by atoms with E-state index >= 15 is 0 Å². The fourth-order valence-electron chi connectivity index (χ4n) is 2.71. The predicted molar refractivity (Wildman–Crippen MR) is 76.6 cm³/mol. The van der Waals surface area contributed by atoms with Gasteiger partial charge >= 0.3 is 118 Å². The number of carbonyl (C=O) groups is 3. The summed E-state index contributed by atoms with van der Waals surface area (Å²) < 4.78 is 1.26. The molecule has 1 rings (SSSR count). The van der Waals surface area contributed by atoms with Gasteiger partial charge in [-0.25, -0.2) is 0 Å². The van der Waals surface area contributed by atoms with Crippen LogP contribution in [0, 0.1) is 0 Å². The van der Waals surface area contributed by atoms with E-state index in [4.69, 9.17) is 0 Å². The Morgan fingerprint density at radius 2 is 1.15 bits per heavy atom. The maximum absolute atomic E-state index is 12.1. The zero-order chi connectivity index (χ0) is 14.5. The van der Waals surface area contributed by atoms with Crippen LogP contribution in [0.4, 0.5) is 0 Å². The molecule has 0 radical (unpaired) electrons. The van der Waals surface area contributed by atoms with E-state index in [0.717, 1.165) is 13.1 Å². The van der Waals surface area contributed by atoms with Crippen molar-refractivity contribution in [3.8, 4) is 0 Å². The number of rotatable bonds is 4. The minimum absolute atomic E-state index is 0. The van der Waals surface area contributed by atoms with Crippen LogP contribution in [0.3, 0.4) is 0 Å². The largest absolute Gasteiger partial charge is 0.147 e. The molecule has 6 nitrogen and oxygen atoms in total. The van der Waals surface area contributed by atoms with Crippen molar-refractivity contribution in [2.24, 2.45) is 0 Å². The molecule has 0 saturated carbocycles. The molecule has 2 N–H and O–H groups in total. The molecular formula is C12H24ClN3O3Ti. The van der Waals surface area contributed by atoms with E-state index in [1.165, 1.54) is 20.8 Å². The van der Waals surface area contributed by atoms with Gasteiger partial charge in [0, 0.05) is 0 Å². The first-order chi connectivity index (χ1) is 8.94. The quantitative estimate of drug-likeness (QED) is 0.678. The van der Waals surface area contributed by atoms with Gasteiger partial charge in [0.25, 0.3) is 0 Å². The fraction of sp³-hybridized carbons (Fsp3) is 0.750. The van der Waals surface area contributed by atoms with Gasteiger partial charge in [0.05, 0.1) is 0 Å². The molecular weight excluding hydrogens is 317 g/mol. The van der Waals surface area contributed by atoms with Crippen molar-refractivity contribution in [3.63, 3.8) is 0 Å². The minimum atomic E-state index is -3.98. The van der Waals surface area contributed by atoms with Crippen LogP contribution in [0.5, 0.6) is 0 Å². The van der Waals surface area contributed by atoms with Crippen molar-refractivity contribution in [3.05, 3.63) is 0 Å². The molecule has 0 spiro atoms. The molecule has 0 aliphatic carbocycles. The first kappa shape index (κ1) is 19.9. The number of carbonyl (C=O) groups excluding carboxylic acids is 3. The predicted octanol–water partition coefficient (Wildman–Crippen LogP) is -0.389. The molecule has 0 amide bonds. The molecule has 0 aromatic heterocycles. The maximum atomic E-state index is 12.1. The topological polar surface area (TPSA) is 78.5 Å². The Kier molecular flexibility index (Phi) is 8.98. The van der Waals surface area contributed by atoms with Crippen LogP contribution in [-0.4, -0.2) is 54.9 Å². The van der Waals surface area contributed by atoms with Crippen LogP contribution in [0.15, 0.2) is 0 Å². The molecule has 1 fully saturated rings. The third-order valence-corrected chi connectivity index (χ3v) is 10.6. The number of halogens is 1. The van der Waals surface area contributed by atoms with Gasteiger partial charge in [0.15, 0.2) is 0 Å². The standard InChI is InChI=1S/C6H14N3.3C2H3O.ClH.Ti/c1-2-8-5-6-9-4-3-7-1;3*1-2-3;;/h7-8H,1-6H2;3*1H3;1H;/q-1;;;;;+1. The van der Waals surface area contributed by atoms with Crippen molar-refractivity contribution < 1.29 is 31.2 Å².